The van der Waals surface area contributed by atoms with Gasteiger partial charge in [0.1, 0.15) is 5.75 Å². The number of halogens is 3. The van der Waals surface area contributed by atoms with E-state index in [9.17, 15) is 22.8 Å². The Bertz CT molecular complexity index is 989. The Hall–Kier alpha value is -3.88. The number of rotatable bonds is 4. The van der Waals surface area contributed by atoms with Crippen LogP contribution < -0.4 is 15.6 Å². The van der Waals surface area contributed by atoms with Crippen LogP contribution in [-0.4, -0.2) is 23.2 Å². The molecule has 1 aromatic heterocycles. The molecule has 2 amide bonds. The van der Waals surface area contributed by atoms with Crippen LogP contribution in [0.2, 0.25) is 0 Å². The predicted molar refractivity (Wildman–Crippen MR) is 97.7 cm³/mol. The van der Waals surface area contributed by atoms with Gasteiger partial charge in [-0.2, -0.15) is 0 Å². The minimum Gasteiger partial charge on any atom is -0.406 e. The second kappa shape index (κ2) is 8.42. The van der Waals surface area contributed by atoms with Crippen molar-refractivity contribution in [1.82, 2.24) is 15.8 Å². The zero-order valence-electron chi connectivity index (χ0n) is 14.7. The van der Waals surface area contributed by atoms with Gasteiger partial charge in [0.15, 0.2) is 0 Å². The highest BCUT2D eigenvalue weighted by Gasteiger charge is 2.31. The molecule has 0 aliphatic heterocycles. The Labute approximate surface area is 163 Å². The van der Waals surface area contributed by atoms with Crippen molar-refractivity contribution in [3.8, 4) is 16.9 Å². The number of hydrogen-bond acceptors (Lipinski definition) is 4. The average Bonchev–Trinajstić information content (AvgIpc) is 2.72. The second-order valence-corrected chi connectivity index (χ2v) is 5.79. The number of benzene rings is 2. The summed E-state index contributed by atoms with van der Waals surface area (Å²) >= 11 is 0. The lowest BCUT2D eigenvalue weighted by Crippen LogP contribution is -2.41. The molecule has 3 rings (SSSR count). The van der Waals surface area contributed by atoms with Crippen LogP contribution in [0.5, 0.6) is 5.75 Å². The Kier molecular flexibility index (Phi) is 5.77. The Morgan fingerprint density at radius 2 is 1.17 bits per heavy atom. The number of hydrazine groups is 1. The Morgan fingerprint density at radius 1 is 0.724 bits per heavy atom. The largest absolute Gasteiger partial charge is 0.573 e. The van der Waals surface area contributed by atoms with Crippen molar-refractivity contribution in [2.75, 3.05) is 0 Å². The third-order valence-electron chi connectivity index (χ3n) is 3.80. The van der Waals surface area contributed by atoms with Gasteiger partial charge >= 0.3 is 6.36 Å². The van der Waals surface area contributed by atoms with Crippen molar-refractivity contribution in [3.05, 3.63) is 84.2 Å². The molecule has 1 heterocycles. The molecule has 0 bridgehead atoms. The molecule has 29 heavy (non-hydrogen) atoms. The van der Waals surface area contributed by atoms with Crippen molar-refractivity contribution in [3.63, 3.8) is 0 Å². The zero-order chi connectivity index (χ0) is 20.9. The first-order valence-corrected chi connectivity index (χ1v) is 8.29. The van der Waals surface area contributed by atoms with E-state index in [2.05, 4.69) is 20.6 Å². The van der Waals surface area contributed by atoms with Gasteiger partial charge in [-0.25, -0.2) is 0 Å². The molecule has 0 spiro atoms. The summed E-state index contributed by atoms with van der Waals surface area (Å²) in [6, 6.07) is 14.7. The van der Waals surface area contributed by atoms with Crippen molar-refractivity contribution < 1.29 is 27.5 Å². The highest BCUT2D eigenvalue weighted by Crippen LogP contribution is 2.22. The van der Waals surface area contributed by atoms with E-state index in [1.165, 1.54) is 0 Å². The van der Waals surface area contributed by atoms with Crippen LogP contribution in [-0.2, 0) is 0 Å². The highest BCUT2D eigenvalue weighted by molar-refractivity contribution is 5.99. The summed E-state index contributed by atoms with van der Waals surface area (Å²) in [5.41, 5.74) is 6.66. The van der Waals surface area contributed by atoms with Gasteiger partial charge in [0.2, 0.25) is 0 Å². The standard InChI is InChI=1S/C20H14F3N3O3/c21-20(22,23)29-17-7-5-16(6-8-17)19(28)26-25-18(27)15-3-1-13(2-4-15)14-9-11-24-12-10-14/h1-12H,(H,25,27)(H,26,28). The van der Waals surface area contributed by atoms with Crippen LogP contribution >= 0.6 is 0 Å². The average molecular weight is 401 g/mol. The molecule has 2 N–H and O–H groups in total. The summed E-state index contributed by atoms with van der Waals surface area (Å²) in [6.07, 6.45) is -1.49. The number of ether oxygens (including phenoxy) is 1. The van der Waals surface area contributed by atoms with Gasteiger partial charge in [0.05, 0.1) is 0 Å². The van der Waals surface area contributed by atoms with Gasteiger partial charge in [-0.05, 0) is 59.7 Å². The monoisotopic (exact) mass is 401 g/mol. The number of carbonyl (C=O) groups is 2. The maximum absolute atomic E-state index is 12.2. The molecule has 0 aliphatic carbocycles. The molecule has 0 atom stereocenters. The van der Waals surface area contributed by atoms with Crippen LogP contribution in [0.3, 0.4) is 0 Å². The molecule has 9 heteroatoms. The summed E-state index contributed by atoms with van der Waals surface area (Å²) < 4.78 is 40.2. The van der Waals surface area contributed by atoms with Crippen LogP contribution in [0.4, 0.5) is 13.2 Å². The number of hydrogen-bond donors (Lipinski definition) is 2. The molecule has 0 saturated heterocycles. The maximum atomic E-state index is 12.2. The molecule has 2 aromatic carbocycles. The molecule has 148 valence electrons. The lowest BCUT2D eigenvalue weighted by atomic mass is 10.1. The minimum atomic E-state index is -4.81. The van der Waals surface area contributed by atoms with Crippen molar-refractivity contribution in [2.24, 2.45) is 0 Å². The summed E-state index contributed by atoms with van der Waals surface area (Å²) in [5.74, 6) is -1.69. The van der Waals surface area contributed by atoms with Crippen molar-refractivity contribution in [1.29, 1.82) is 0 Å². The lowest BCUT2D eigenvalue weighted by molar-refractivity contribution is -0.274. The SMILES string of the molecule is O=C(NNC(=O)c1ccc(-c2ccncc2)cc1)c1ccc(OC(F)(F)F)cc1. The highest BCUT2D eigenvalue weighted by atomic mass is 19.4. The number of aromatic nitrogens is 1. The fourth-order valence-corrected chi connectivity index (χ4v) is 2.42. The van der Waals surface area contributed by atoms with Gasteiger partial charge in [-0.1, -0.05) is 12.1 Å². The van der Waals surface area contributed by atoms with Gasteiger partial charge in [-0.3, -0.25) is 25.4 Å². The van der Waals surface area contributed by atoms with E-state index in [0.29, 0.717) is 5.56 Å². The number of alkyl halides is 3. The molecule has 3 aromatic rings. The summed E-state index contributed by atoms with van der Waals surface area (Å²) in [6.45, 7) is 0. The first-order chi connectivity index (χ1) is 13.8. The molecule has 0 aliphatic rings. The maximum Gasteiger partial charge on any atom is 0.573 e. The molecule has 0 saturated carbocycles. The Balaban J connectivity index is 1.56. The van der Waals surface area contributed by atoms with E-state index in [1.54, 1.807) is 36.7 Å². The third kappa shape index (κ3) is 5.55. The lowest BCUT2D eigenvalue weighted by Gasteiger charge is -2.10. The van der Waals surface area contributed by atoms with Crippen LogP contribution in [0.25, 0.3) is 11.1 Å². The zero-order valence-corrected chi connectivity index (χ0v) is 14.7. The summed E-state index contributed by atoms with van der Waals surface area (Å²) in [7, 11) is 0. The molecular weight excluding hydrogens is 387 g/mol. The molecule has 0 radical (unpaired) electrons. The predicted octanol–water partition coefficient (Wildman–Crippen LogP) is 3.72. The number of carbonyl (C=O) groups excluding carboxylic acids is 2. The van der Waals surface area contributed by atoms with Crippen molar-refractivity contribution in [2.45, 2.75) is 6.36 Å². The van der Waals surface area contributed by atoms with Gasteiger partial charge in [0, 0.05) is 23.5 Å². The third-order valence-corrected chi connectivity index (χ3v) is 3.80. The fourth-order valence-electron chi connectivity index (χ4n) is 2.42. The van der Waals surface area contributed by atoms with E-state index in [0.717, 1.165) is 35.4 Å². The van der Waals surface area contributed by atoms with E-state index in [-0.39, 0.29) is 5.56 Å². The van der Waals surface area contributed by atoms with Crippen LogP contribution in [0.1, 0.15) is 20.7 Å². The number of amides is 2. The van der Waals surface area contributed by atoms with E-state index in [1.807, 2.05) is 12.1 Å². The summed E-state index contributed by atoms with van der Waals surface area (Å²) in [4.78, 5) is 28.1. The van der Waals surface area contributed by atoms with Crippen LogP contribution in [0.15, 0.2) is 73.1 Å². The number of nitrogens with zero attached hydrogens (tertiary/aromatic N) is 1. The van der Waals surface area contributed by atoms with Crippen molar-refractivity contribution >= 4 is 11.8 Å². The van der Waals surface area contributed by atoms with E-state index in [4.69, 9.17) is 0 Å². The van der Waals surface area contributed by atoms with Gasteiger partial charge < -0.3 is 4.74 Å². The van der Waals surface area contributed by atoms with E-state index < -0.39 is 23.9 Å². The van der Waals surface area contributed by atoms with Gasteiger partial charge in [0.25, 0.3) is 11.8 Å². The molecule has 0 fully saturated rings. The second-order valence-electron chi connectivity index (χ2n) is 5.79. The smallest absolute Gasteiger partial charge is 0.406 e. The fraction of sp³-hybridized carbons (Fsp3) is 0.0500. The minimum absolute atomic E-state index is 0.0489. The van der Waals surface area contributed by atoms with E-state index >= 15 is 0 Å². The number of nitrogens with one attached hydrogen (secondary N) is 2. The molecule has 6 nitrogen and oxygen atoms in total. The number of pyridine rings is 1. The molecular formula is C20H14F3N3O3. The first-order valence-electron chi connectivity index (χ1n) is 8.29. The first kappa shape index (κ1) is 19.9. The quantitative estimate of drug-likeness (QED) is 0.653. The van der Waals surface area contributed by atoms with Gasteiger partial charge in [-0.15, -0.1) is 13.2 Å². The van der Waals surface area contributed by atoms with Crippen LogP contribution in [0, 0.1) is 0 Å². The normalized spacial score (nSPS) is 10.9. The molecule has 0 unspecified atom stereocenters. The summed E-state index contributed by atoms with van der Waals surface area (Å²) in [5, 5.41) is 0. The Morgan fingerprint density at radius 3 is 1.66 bits per heavy atom. The topological polar surface area (TPSA) is 80.3 Å².